The highest BCUT2D eigenvalue weighted by Gasteiger charge is 2.21. The largest absolute Gasteiger partial charge is 0.490 e. The average Bonchev–Trinajstić information content (AvgIpc) is 2.82. The van der Waals surface area contributed by atoms with Crippen molar-refractivity contribution in [1.82, 2.24) is 10.3 Å². The monoisotopic (exact) mass is 471 g/mol. The minimum Gasteiger partial charge on any atom is -0.490 e. The van der Waals surface area contributed by atoms with Gasteiger partial charge in [-0.15, -0.1) is 0 Å². The number of benzene rings is 2. The van der Waals surface area contributed by atoms with Gasteiger partial charge in [0.2, 0.25) is 0 Å². The van der Waals surface area contributed by atoms with E-state index in [4.69, 9.17) is 14.2 Å². The fourth-order valence-electron chi connectivity index (χ4n) is 2.95. The van der Waals surface area contributed by atoms with Crippen molar-refractivity contribution in [3.05, 3.63) is 53.1 Å². The van der Waals surface area contributed by atoms with Gasteiger partial charge < -0.3 is 19.1 Å². The van der Waals surface area contributed by atoms with E-state index in [9.17, 15) is 27.2 Å². The van der Waals surface area contributed by atoms with E-state index in [0.717, 1.165) is 0 Å². The third-order valence-corrected chi connectivity index (χ3v) is 4.63. The third kappa shape index (κ3) is 5.83. The lowest BCUT2D eigenvalue weighted by Crippen LogP contribution is -2.43. The van der Waals surface area contributed by atoms with Gasteiger partial charge in [-0.05, 0) is 25.1 Å². The minimum atomic E-state index is -1.70. The molecule has 12 heteroatoms. The molecule has 8 nitrogen and oxygen atoms in total. The van der Waals surface area contributed by atoms with Gasteiger partial charge in [-0.1, -0.05) is 0 Å². The summed E-state index contributed by atoms with van der Waals surface area (Å²) in [6, 6.07) is 4.03. The van der Waals surface area contributed by atoms with Crippen LogP contribution in [0.4, 0.5) is 23.2 Å². The molecule has 3 rings (SSSR count). The Morgan fingerprint density at radius 3 is 2.30 bits per heavy atom. The molecule has 2 amide bonds. The van der Waals surface area contributed by atoms with Gasteiger partial charge in [0, 0.05) is 24.7 Å². The van der Waals surface area contributed by atoms with Crippen LogP contribution in [0.15, 0.2) is 24.3 Å². The molecule has 0 saturated carbocycles. The third-order valence-electron chi connectivity index (χ3n) is 4.63. The summed E-state index contributed by atoms with van der Waals surface area (Å²) in [5, 5.41) is 0. The van der Waals surface area contributed by atoms with Crippen LogP contribution in [0.1, 0.15) is 17.3 Å². The number of nitrogens with one attached hydrogen (secondary N) is 2. The maximum absolute atomic E-state index is 13.7. The normalized spacial score (nSPS) is 13.4. The molecule has 0 spiro atoms. The second-order valence-corrected chi connectivity index (χ2v) is 6.80. The van der Waals surface area contributed by atoms with Crippen LogP contribution in [0.2, 0.25) is 0 Å². The highest BCUT2D eigenvalue weighted by molar-refractivity contribution is 5.95. The van der Waals surface area contributed by atoms with E-state index in [-0.39, 0.29) is 42.2 Å². The number of halogens is 4. The zero-order valence-corrected chi connectivity index (χ0v) is 17.6. The number of hydrazine groups is 1. The van der Waals surface area contributed by atoms with Gasteiger partial charge in [0.25, 0.3) is 11.8 Å². The number of carbonyl (C=O) groups is 2. The second-order valence-electron chi connectivity index (χ2n) is 6.80. The van der Waals surface area contributed by atoms with Gasteiger partial charge >= 0.3 is 0 Å². The van der Waals surface area contributed by atoms with E-state index in [1.165, 1.54) is 18.2 Å². The van der Waals surface area contributed by atoms with Crippen LogP contribution in [-0.2, 0) is 9.53 Å². The Morgan fingerprint density at radius 1 is 1.00 bits per heavy atom. The van der Waals surface area contributed by atoms with E-state index in [1.807, 2.05) is 10.9 Å². The highest BCUT2D eigenvalue weighted by Crippen LogP contribution is 2.29. The van der Waals surface area contributed by atoms with E-state index < -0.39 is 34.9 Å². The first-order valence-electron chi connectivity index (χ1n) is 9.96. The van der Waals surface area contributed by atoms with Gasteiger partial charge in [-0.3, -0.25) is 20.4 Å². The first-order valence-corrected chi connectivity index (χ1v) is 9.96. The maximum atomic E-state index is 13.7. The number of nitrogens with zero attached hydrogens (tertiary/aromatic N) is 1. The van der Waals surface area contributed by atoms with Crippen molar-refractivity contribution < 1.29 is 41.4 Å². The number of anilines is 1. The zero-order valence-electron chi connectivity index (χ0n) is 17.6. The molecule has 2 aromatic carbocycles. The Kier molecular flexibility index (Phi) is 7.93. The molecule has 1 heterocycles. The summed E-state index contributed by atoms with van der Waals surface area (Å²) >= 11 is 0. The van der Waals surface area contributed by atoms with Crippen LogP contribution in [0, 0.1) is 23.3 Å². The number of hydrogen-bond donors (Lipinski definition) is 2. The van der Waals surface area contributed by atoms with Crippen molar-refractivity contribution >= 4 is 17.5 Å². The molecule has 0 aromatic heterocycles. The summed E-state index contributed by atoms with van der Waals surface area (Å²) < 4.78 is 70.2. The Labute approximate surface area is 186 Å². The van der Waals surface area contributed by atoms with Crippen LogP contribution in [0.5, 0.6) is 11.5 Å². The number of carbonyl (C=O) groups excluding carboxylic acids is 2. The summed E-state index contributed by atoms with van der Waals surface area (Å²) in [5.41, 5.74) is 2.60. The average molecular weight is 471 g/mol. The molecule has 0 bridgehead atoms. The number of ether oxygens (including phenoxy) is 3. The molecule has 33 heavy (non-hydrogen) atoms. The van der Waals surface area contributed by atoms with Gasteiger partial charge in [0.1, 0.15) is 5.69 Å². The Morgan fingerprint density at radius 2 is 1.67 bits per heavy atom. The molecule has 1 aliphatic heterocycles. The first kappa shape index (κ1) is 24.1. The highest BCUT2D eigenvalue weighted by atomic mass is 19.2. The molecule has 0 unspecified atom stereocenters. The maximum Gasteiger partial charge on any atom is 0.269 e. The zero-order chi connectivity index (χ0) is 24.0. The molecule has 1 aliphatic rings. The molecule has 2 aromatic rings. The molecular formula is C21H21F4N3O5. The Bertz CT molecular complexity index is 1010. The van der Waals surface area contributed by atoms with Gasteiger partial charge in [-0.2, -0.15) is 0 Å². The van der Waals surface area contributed by atoms with Gasteiger partial charge in [0.15, 0.2) is 41.4 Å². The van der Waals surface area contributed by atoms with Crippen molar-refractivity contribution in [2.75, 3.05) is 44.9 Å². The lowest BCUT2D eigenvalue weighted by Gasteiger charge is -2.26. The molecule has 0 atom stereocenters. The Hall–Kier alpha value is -3.54. The van der Waals surface area contributed by atoms with Crippen molar-refractivity contribution in [1.29, 1.82) is 0 Å². The molecule has 0 aliphatic carbocycles. The van der Waals surface area contributed by atoms with Gasteiger partial charge in [-0.25, -0.2) is 17.6 Å². The molecule has 178 valence electrons. The standard InChI is InChI=1S/C21H21F4N3O5/c1-2-32-16-9-12(3-4-15(16)33-11-17(29)28-5-7-31-8-6-28)21(30)27-26-20-18(24)13(22)10-14(23)19(20)25/h3-4,9-10,26H,2,5-8,11H2,1H3,(H,27,30). The molecular weight excluding hydrogens is 450 g/mol. The van der Waals surface area contributed by atoms with E-state index in [0.29, 0.717) is 26.3 Å². The van der Waals surface area contributed by atoms with Crippen LogP contribution >= 0.6 is 0 Å². The van der Waals surface area contributed by atoms with E-state index in [2.05, 4.69) is 0 Å². The molecule has 1 fully saturated rings. The summed E-state index contributed by atoms with van der Waals surface area (Å²) in [7, 11) is 0. The molecule has 0 radical (unpaired) electrons. The topological polar surface area (TPSA) is 89.1 Å². The first-order chi connectivity index (χ1) is 15.8. The fraction of sp³-hybridized carbons (Fsp3) is 0.333. The SMILES string of the molecule is CCOc1cc(C(=O)NNc2c(F)c(F)cc(F)c2F)ccc1OCC(=O)N1CCOCC1. The Balaban J connectivity index is 1.68. The lowest BCUT2D eigenvalue weighted by atomic mass is 10.2. The number of morpholine rings is 1. The van der Waals surface area contributed by atoms with E-state index >= 15 is 0 Å². The van der Waals surface area contributed by atoms with Crippen LogP contribution in [0.25, 0.3) is 0 Å². The predicted molar refractivity (Wildman–Crippen MR) is 108 cm³/mol. The lowest BCUT2D eigenvalue weighted by molar-refractivity contribution is -0.137. The van der Waals surface area contributed by atoms with Gasteiger partial charge in [0.05, 0.1) is 19.8 Å². The minimum absolute atomic E-state index is 0.0181. The smallest absolute Gasteiger partial charge is 0.269 e. The van der Waals surface area contributed by atoms with Crippen LogP contribution in [0.3, 0.4) is 0 Å². The van der Waals surface area contributed by atoms with Crippen LogP contribution < -0.4 is 20.3 Å². The molecule has 1 saturated heterocycles. The summed E-state index contributed by atoms with van der Waals surface area (Å²) in [6.45, 7) is 3.48. The summed E-state index contributed by atoms with van der Waals surface area (Å²) in [5.74, 6) is -7.42. The number of hydrogen-bond acceptors (Lipinski definition) is 6. The second kappa shape index (κ2) is 10.9. The van der Waals surface area contributed by atoms with Crippen molar-refractivity contribution in [2.24, 2.45) is 0 Å². The van der Waals surface area contributed by atoms with E-state index in [1.54, 1.807) is 11.8 Å². The van der Waals surface area contributed by atoms with Crippen molar-refractivity contribution in [3.8, 4) is 11.5 Å². The number of amides is 2. The fourth-order valence-corrected chi connectivity index (χ4v) is 2.95. The number of rotatable bonds is 8. The van der Waals surface area contributed by atoms with Crippen molar-refractivity contribution in [2.45, 2.75) is 6.92 Å². The quantitative estimate of drug-likeness (QED) is 0.350. The van der Waals surface area contributed by atoms with Crippen LogP contribution in [-0.4, -0.2) is 56.2 Å². The predicted octanol–water partition coefficient (Wildman–Crippen LogP) is 2.64. The summed E-state index contributed by atoms with van der Waals surface area (Å²) in [6.07, 6.45) is 0. The summed E-state index contributed by atoms with van der Waals surface area (Å²) in [4.78, 5) is 26.2. The molecule has 2 N–H and O–H groups in total. The van der Waals surface area contributed by atoms with Crippen molar-refractivity contribution in [3.63, 3.8) is 0 Å².